The first kappa shape index (κ1) is 15.4. The van der Waals surface area contributed by atoms with Gasteiger partial charge in [-0.1, -0.05) is 38.3 Å². The van der Waals surface area contributed by atoms with Gasteiger partial charge in [0.1, 0.15) is 5.75 Å². The summed E-state index contributed by atoms with van der Waals surface area (Å²) in [7, 11) is 1.72. The standard InChI is InChI=1S/C18H29NO/c1-3-13-19-17(14-16-5-4-6-16)10-7-15-8-11-18(20-2)12-9-15/h8-9,11-12,16-17,19H,3-7,10,13-14H2,1-2H3. The highest BCUT2D eigenvalue weighted by Crippen LogP contribution is 2.31. The summed E-state index contributed by atoms with van der Waals surface area (Å²) in [5, 5.41) is 3.74. The molecule has 2 nitrogen and oxygen atoms in total. The van der Waals surface area contributed by atoms with Crippen molar-refractivity contribution in [1.29, 1.82) is 0 Å². The topological polar surface area (TPSA) is 21.3 Å². The highest BCUT2D eigenvalue weighted by atomic mass is 16.5. The Morgan fingerprint density at radius 2 is 2.00 bits per heavy atom. The lowest BCUT2D eigenvalue weighted by Crippen LogP contribution is -2.33. The summed E-state index contributed by atoms with van der Waals surface area (Å²) in [6.45, 7) is 3.40. The van der Waals surface area contributed by atoms with Crippen molar-refractivity contribution in [1.82, 2.24) is 5.32 Å². The minimum atomic E-state index is 0.697. The average molecular weight is 275 g/mol. The first-order valence-electron chi connectivity index (χ1n) is 8.18. The fourth-order valence-electron chi connectivity index (χ4n) is 2.92. The summed E-state index contributed by atoms with van der Waals surface area (Å²) in [4.78, 5) is 0. The van der Waals surface area contributed by atoms with Gasteiger partial charge in [0.2, 0.25) is 0 Å². The second kappa shape index (κ2) is 8.31. The molecule has 1 aromatic carbocycles. The van der Waals surface area contributed by atoms with E-state index >= 15 is 0 Å². The first-order valence-corrected chi connectivity index (χ1v) is 8.18. The molecule has 1 atom stereocenters. The molecule has 1 saturated carbocycles. The zero-order valence-corrected chi connectivity index (χ0v) is 13.0. The molecule has 1 N–H and O–H groups in total. The van der Waals surface area contributed by atoms with Crippen LogP contribution >= 0.6 is 0 Å². The summed E-state index contributed by atoms with van der Waals surface area (Å²) in [5.41, 5.74) is 1.42. The molecule has 0 amide bonds. The lowest BCUT2D eigenvalue weighted by atomic mass is 9.80. The molecule has 0 spiro atoms. The largest absolute Gasteiger partial charge is 0.497 e. The summed E-state index contributed by atoms with van der Waals surface area (Å²) >= 11 is 0. The number of methoxy groups -OCH3 is 1. The summed E-state index contributed by atoms with van der Waals surface area (Å²) in [5.74, 6) is 1.93. The van der Waals surface area contributed by atoms with E-state index in [0.29, 0.717) is 6.04 Å². The molecule has 112 valence electrons. The van der Waals surface area contributed by atoms with Crippen LogP contribution in [0.3, 0.4) is 0 Å². The molecule has 0 bridgehead atoms. The maximum absolute atomic E-state index is 5.21. The van der Waals surface area contributed by atoms with Crippen LogP contribution in [-0.4, -0.2) is 19.7 Å². The maximum atomic E-state index is 5.21. The Hall–Kier alpha value is -1.02. The van der Waals surface area contributed by atoms with Crippen LogP contribution in [0, 0.1) is 5.92 Å². The molecule has 1 fully saturated rings. The Balaban J connectivity index is 1.79. The summed E-state index contributed by atoms with van der Waals surface area (Å²) in [6.07, 6.45) is 9.37. The fraction of sp³-hybridized carbons (Fsp3) is 0.667. The Labute approximate surface area is 123 Å². The molecular formula is C18H29NO. The van der Waals surface area contributed by atoms with Gasteiger partial charge in [0.05, 0.1) is 7.11 Å². The number of hydrogen-bond donors (Lipinski definition) is 1. The van der Waals surface area contributed by atoms with E-state index in [1.54, 1.807) is 7.11 Å². The average Bonchev–Trinajstić information content (AvgIpc) is 2.45. The molecule has 1 aliphatic carbocycles. The van der Waals surface area contributed by atoms with Crippen LogP contribution in [0.15, 0.2) is 24.3 Å². The Kier molecular flexibility index (Phi) is 6.38. The van der Waals surface area contributed by atoms with Gasteiger partial charge in [-0.3, -0.25) is 0 Å². The lowest BCUT2D eigenvalue weighted by Gasteiger charge is -2.30. The van der Waals surface area contributed by atoms with E-state index in [1.165, 1.54) is 44.1 Å². The number of benzene rings is 1. The number of nitrogens with one attached hydrogen (secondary N) is 1. The molecular weight excluding hydrogens is 246 g/mol. The third-order valence-corrected chi connectivity index (χ3v) is 4.47. The van der Waals surface area contributed by atoms with Crippen LogP contribution in [0.5, 0.6) is 5.75 Å². The molecule has 2 rings (SSSR count). The van der Waals surface area contributed by atoms with E-state index in [-0.39, 0.29) is 0 Å². The zero-order valence-electron chi connectivity index (χ0n) is 13.0. The molecule has 2 heteroatoms. The second-order valence-electron chi connectivity index (χ2n) is 6.07. The number of rotatable bonds is 9. The Morgan fingerprint density at radius 3 is 2.55 bits per heavy atom. The van der Waals surface area contributed by atoms with E-state index in [9.17, 15) is 0 Å². The molecule has 0 aromatic heterocycles. The van der Waals surface area contributed by atoms with E-state index in [4.69, 9.17) is 4.74 Å². The van der Waals surface area contributed by atoms with Crippen molar-refractivity contribution < 1.29 is 4.74 Å². The van der Waals surface area contributed by atoms with Crippen molar-refractivity contribution in [3.63, 3.8) is 0 Å². The van der Waals surface area contributed by atoms with Crippen LogP contribution < -0.4 is 10.1 Å². The van der Waals surface area contributed by atoms with Gasteiger partial charge in [-0.2, -0.15) is 0 Å². The van der Waals surface area contributed by atoms with Gasteiger partial charge < -0.3 is 10.1 Å². The third kappa shape index (κ3) is 4.82. The number of hydrogen-bond acceptors (Lipinski definition) is 2. The van der Waals surface area contributed by atoms with Gasteiger partial charge in [0, 0.05) is 6.04 Å². The summed E-state index contributed by atoms with van der Waals surface area (Å²) in [6, 6.07) is 9.21. The van der Waals surface area contributed by atoms with Gasteiger partial charge in [-0.25, -0.2) is 0 Å². The van der Waals surface area contributed by atoms with Crippen molar-refractivity contribution in [2.24, 2.45) is 5.92 Å². The van der Waals surface area contributed by atoms with E-state index in [2.05, 4.69) is 36.5 Å². The van der Waals surface area contributed by atoms with Crippen LogP contribution in [0.2, 0.25) is 0 Å². The molecule has 20 heavy (non-hydrogen) atoms. The van der Waals surface area contributed by atoms with E-state index in [1.807, 2.05) is 0 Å². The molecule has 0 saturated heterocycles. The predicted molar refractivity (Wildman–Crippen MR) is 85.4 cm³/mol. The van der Waals surface area contributed by atoms with Crippen molar-refractivity contribution in [2.75, 3.05) is 13.7 Å². The van der Waals surface area contributed by atoms with Gasteiger partial charge in [-0.15, -0.1) is 0 Å². The SMILES string of the molecule is CCCNC(CCc1ccc(OC)cc1)CC1CCC1. The van der Waals surface area contributed by atoms with Crippen LogP contribution in [0.4, 0.5) is 0 Å². The highest BCUT2D eigenvalue weighted by Gasteiger charge is 2.21. The molecule has 1 aromatic rings. The van der Waals surface area contributed by atoms with Crippen LogP contribution in [0.1, 0.15) is 51.0 Å². The first-order chi connectivity index (χ1) is 9.81. The third-order valence-electron chi connectivity index (χ3n) is 4.47. The normalized spacial score (nSPS) is 16.7. The van der Waals surface area contributed by atoms with Gasteiger partial charge in [0.15, 0.2) is 0 Å². The summed E-state index contributed by atoms with van der Waals surface area (Å²) < 4.78 is 5.21. The minimum Gasteiger partial charge on any atom is -0.497 e. The minimum absolute atomic E-state index is 0.697. The lowest BCUT2D eigenvalue weighted by molar-refractivity contribution is 0.254. The van der Waals surface area contributed by atoms with Gasteiger partial charge in [0.25, 0.3) is 0 Å². The maximum Gasteiger partial charge on any atom is 0.118 e. The quantitative estimate of drug-likeness (QED) is 0.730. The number of ether oxygens (including phenoxy) is 1. The monoisotopic (exact) mass is 275 g/mol. The fourth-order valence-corrected chi connectivity index (χ4v) is 2.92. The van der Waals surface area contributed by atoms with Crippen molar-refractivity contribution >= 4 is 0 Å². The van der Waals surface area contributed by atoms with Crippen LogP contribution in [-0.2, 0) is 6.42 Å². The molecule has 1 aliphatic rings. The molecule has 0 aliphatic heterocycles. The van der Waals surface area contributed by atoms with Crippen molar-refractivity contribution in [2.45, 2.75) is 57.9 Å². The smallest absolute Gasteiger partial charge is 0.118 e. The second-order valence-corrected chi connectivity index (χ2v) is 6.07. The molecule has 1 unspecified atom stereocenters. The van der Waals surface area contributed by atoms with Gasteiger partial charge >= 0.3 is 0 Å². The van der Waals surface area contributed by atoms with E-state index < -0.39 is 0 Å². The molecule has 0 radical (unpaired) electrons. The molecule has 0 heterocycles. The predicted octanol–water partition coefficient (Wildman–Crippen LogP) is 4.19. The van der Waals surface area contributed by atoms with E-state index in [0.717, 1.165) is 24.6 Å². The van der Waals surface area contributed by atoms with Crippen molar-refractivity contribution in [3.8, 4) is 5.75 Å². The Bertz CT molecular complexity index is 370. The van der Waals surface area contributed by atoms with Crippen LogP contribution in [0.25, 0.3) is 0 Å². The highest BCUT2D eigenvalue weighted by molar-refractivity contribution is 5.27. The Morgan fingerprint density at radius 1 is 1.25 bits per heavy atom. The zero-order chi connectivity index (χ0) is 14.2. The van der Waals surface area contributed by atoms with Crippen molar-refractivity contribution in [3.05, 3.63) is 29.8 Å². The number of aryl methyl sites for hydroxylation is 1. The van der Waals surface area contributed by atoms with Gasteiger partial charge in [-0.05, 0) is 55.8 Å².